The van der Waals surface area contributed by atoms with Crippen LogP contribution in [-0.2, 0) is 31.4 Å². The first-order valence-electron chi connectivity index (χ1n) is 8.63. The van der Waals surface area contributed by atoms with Crippen molar-refractivity contribution >= 4 is 33.4 Å². The van der Waals surface area contributed by atoms with Crippen molar-refractivity contribution in [3.63, 3.8) is 0 Å². The number of nitrogens with zero attached hydrogens (tertiary/aromatic N) is 4. The average molecular weight is 423 g/mol. The number of halogens is 3. The van der Waals surface area contributed by atoms with Gasteiger partial charge in [-0.1, -0.05) is 0 Å². The number of hydrogen-bond donors (Lipinski definition) is 1. The zero-order valence-electron chi connectivity index (χ0n) is 15.7. The van der Waals surface area contributed by atoms with Crippen molar-refractivity contribution in [2.45, 2.75) is 18.0 Å². The van der Waals surface area contributed by atoms with E-state index in [4.69, 9.17) is 0 Å². The molecule has 0 aliphatic carbocycles. The summed E-state index contributed by atoms with van der Waals surface area (Å²) in [5.74, 6) is 0.646. The molecule has 3 heterocycles. The highest BCUT2D eigenvalue weighted by molar-refractivity contribution is 7.91. The summed E-state index contributed by atoms with van der Waals surface area (Å²) in [6.07, 6.45) is -3.77. The lowest BCUT2D eigenvalue weighted by Crippen LogP contribution is -2.12. The molecule has 0 aliphatic heterocycles. The molecule has 0 saturated heterocycles. The van der Waals surface area contributed by atoms with Gasteiger partial charge in [-0.3, -0.25) is 4.57 Å². The van der Waals surface area contributed by atoms with E-state index < -0.39 is 22.9 Å². The fourth-order valence-electron chi connectivity index (χ4n) is 3.25. The number of aryl methyl sites for hydroxylation is 2. The number of fused-ring (bicyclic) bond motifs is 2. The number of hydrogen-bond acceptors (Lipinski definition) is 4. The van der Waals surface area contributed by atoms with Crippen molar-refractivity contribution in [1.29, 1.82) is 0 Å². The second-order valence-electron chi connectivity index (χ2n) is 6.55. The number of nitrogens with one attached hydrogen (secondary N) is 1. The lowest BCUT2D eigenvalue weighted by atomic mass is 10.2. The van der Waals surface area contributed by atoms with Gasteiger partial charge in [-0.15, -0.1) is 0 Å². The number of benzene rings is 1. The maximum atomic E-state index is 13.0. The first-order valence-corrected chi connectivity index (χ1v) is 9.95. The molecule has 0 aliphatic rings. The zero-order chi connectivity index (χ0) is 21.1. The standard InChI is InChI=1S/C18H16F3N5O2S/c1-4-29(28)14-7-13-11(24-17(27)25(13)2)6-10(14)15-23-12-5-9(18(19,20)21)8-22-16(12)26(15)3/h5-8H,4H2,1-3H3,(H,24,27). The Labute approximate surface area is 165 Å². The van der Waals surface area contributed by atoms with Gasteiger partial charge in [0.25, 0.3) is 0 Å². The fourth-order valence-corrected chi connectivity index (χ4v) is 4.20. The Morgan fingerprint density at radius 3 is 2.59 bits per heavy atom. The zero-order valence-corrected chi connectivity index (χ0v) is 16.5. The molecule has 3 aromatic heterocycles. The number of aromatic amines is 1. The molecule has 0 saturated carbocycles. The molecule has 1 aromatic carbocycles. The van der Waals surface area contributed by atoms with Gasteiger partial charge in [-0.25, -0.2) is 14.8 Å². The summed E-state index contributed by atoms with van der Waals surface area (Å²) >= 11 is -1.39. The second kappa shape index (κ2) is 6.63. The van der Waals surface area contributed by atoms with E-state index in [1.54, 1.807) is 37.7 Å². The highest BCUT2D eigenvalue weighted by Gasteiger charge is 2.32. The van der Waals surface area contributed by atoms with Crippen LogP contribution in [0.2, 0.25) is 0 Å². The molecular formula is C18H16F3N5O2S. The van der Waals surface area contributed by atoms with E-state index in [0.29, 0.717) is 33.1 Å². The summed E-state index contributed by atoms with van der Waals surface area (Å²) in [6.45, 7) is 1.76. The van der Waals surface area contributed by atoms with Gasteiger partial charge in [-0.05, 0) is 30.2 Å². The average Bonchev–Trinajstić information content (AvgIpc) is 3.15. The Hall–Kier alpha value is -2.79. The number of imidazole rings is 2. The van der Waals surface area contributed by atoms with E-state index in [0.717, 1.165) is 12.3 Å². The molecule has 1 atom stereocenters. The smallest absolute Gasteiger partial charge is 0.417 e. The number of rotatable bonds is 3. The topological polar surface area (TPSA) is 91.6 Å². The summed E-state index contributed by atoms with van der Waals surface area (Å²) in [4.78, 5) is 23.4. The number of H-pyrrole nitrogens is 1. The van der Waals surface area contributed by atoms with Crippen LogP contribution in [0.25, 0.3) is 33.6 Å². The Morgan fingerprint density at radius 2 is 1.93 bits per heavy atom. The summed E-state index contributed by atoms with van der Waals surface area (Å²) in [5, 5.41) is 0. The van der Waals surface area contributed by atoms with Crippen LogP contribution in [0, 0.1) is 0 Å². The van der Waals surface area contributed by atoms with E-state index >= 15 is 0 Å². The normalized spacial score (nSPS) is 13.5. The number of alkyl halides is 3. The van der Waals surface area contributed by atoms with Crippen LogP contribution >= 0.6 is 0 Å². The lowest BCUT2D eigenvalue weighted by Gasteiger charge is -2.13. The monoisotopic (exact) mass is 423 g/mol. The van der Waals surface area contributed by atoms with E-state index in [1.165, 1.54) is 4.57 Å². The first kappa shape index (κ1) is 19.5. The molecule has 0 spiro atoms. The van der Waals surface area contributed by atoms with Gasteiger partial charge in [0.05, 0.1) is 22.2 Å². The molecule has 152 valence electrons. The minimum absolute atomic E-state index is 0.0761. The maximum absolute atomic E-state index is 13.0. The van der Waals surface area contributed by atoms with Crippen molar-refractivity contribution in [3.8, 4) is 11.4 Å². The van der Waals surface area contributed by atoms with Crippen LogP contribution in [0.1, 0.15) is 12.5 Å². The Balaban J connectivity index is 2.01. The van der Waals surface area contributed by atoms with E-state index in [1.807, 2.05) is 0 Å². The van der Waals surface area contributed by atoms with Crippen molar-refractivity contribution in [3.05, 3.63) is 40.4 Å². The molecular weight excluding hydrogens is 407 g/mol. The lowest BCUT2D eigenvalue weighted by molar-refractivity contribution is -0.137. The van der Waals surface area contributed by atoms with E-state index in [2.05, 4.69) is 15.0 Å². The molecule has 0 radical (unpaired) electrons. The molecule has 0 fully saturated rings. The molecule has 4 rings (SSSR count). The molecule has 29 heavy (non-hydrogen) atoms. The number of pyridine rings is 1. The minimum atomic E-state index is -4.53. The highest BCUT2D eigenvalue weighted by Crippen LogP contribution is 2.34. The third-order valence-corrected chi connectivity index (χ3v) is 6.14. The van der Waals surface area contributed by atoms with Crippen LogP contribution in [-0.4, -0.2) is 34.4 Å². The largest absolute Gasteiger partial charge is 0.611 e. The third kappa shape index (κ3) is 3.10. The maximum Gasteiger partial charge on any atom is 0.417 e. The molecule has 4 aromatic rings. The van der Waals surface area contributed by atoms with Crippen molar-refractivity contribution in [2.75, 3.05) is 5.75 Å². The highest BCUT2D eigenvalue weighted by atomic mass is 32.2. The predicted molar refractivity (Wildman–Crippen MR) is 103 cm³/mol. The van der Waals surface area contributed by atoms with Crippen LogP contribution in [0.4, 0.5) is 13.2 Å². The van der Waals surface area contributed by atoms with Gasteiger partial charge in [0.15, 0.2) is 10.5 Å². The summed E-state index contributed by atoms with van der Waals surface area (Å²) in [6, 6.07) is 4.23. The third-order valence-electron chi connectivity index (χ3n) is 4.79. The first-order chi connectivity index (χ1) is 13.6. The van der Waals surface area contributed by atoms with Crippen LogP contribution < -0.4 is 5.69 Å². The summed E-state index contributed by atoms with van der Waals surface area (Å²) in [5.41, 5.74) is 0.678. The van der Waals surface area contributed by atoms with Gasteiger partial charge in [0.1, 0.15) is 17.1 Å². The second-order valence-corrected chi connectivity index (χ2v) is 8.26. The number of aromatic nitrogens is 5. The summed E-state index contributed by atoms with van der Waals surface area (Å²) < 4.78 is 54.7. The molecule has 0 amide bonds. The van der Waals surface area contributed by atoms with Gasteiger partial charge < -0.3 is 14.1 Å². The van der Waals surface area contributed by atoms with Gasteiger partial charge in [-0.2, -0.15) is 13.2 Å². The quantitative estimate of drug-likeness (QED) is 0.513. The van der Waals surface area contributed by atoms with Gasteiger partial charge in [0, 0.05) is 26.4 Å². The van der Waals surface area contributed by atoms with Crippen LogP contribution in [0.3, 0.4) is 0 Å². The summed E-state index contributed by atoms with van der Waals surface area (Å²) in [7, 11) is 3.22. The molecule has 1 unspecified atom stereocenters. The molecule has 1 N–H and O–H groups in total. The molecule has 0 bridgehead atoms. The van der Waals surface area contributed by atoms with Crippen molar-refractivity contribution in [2.24, 2.45) is 14.1 Å². The molecule has 11 heteroatoms. The Kier molecular flexibility index (Phi) is 4.46. The Bertz CT molecular complexity index is 1310. The Morgan fingerprint density at radius 1 is 1.21 bits per heavy atom. The van der Waals surface area contributed by atoms with Crippen molar-refractivity contribution in [1.82, 2.24) is 24.1 Å². The predicted octanol–water partition coefficient (Wildman–Crippen LogP) is 2.96. The fraction of sp³-hybridized carbons (Fsp3) is 0.278. The van der Waals surface area contributed by atoms with Crippen LogP contribution in [0.5, 0.6) is 0 Å². The van der Waals surface area contributed by atoms with E-state index in [-0.39, 0.29) is 16.9 Å². The SMILES string of the molecule is CC[S+]([O-])c1cc2c(cc1-c1nc3cc(C(F)(F)F)cnc3n1C)[nH]c(=O)n2C. The van der Waals surface area contributed by atoms with Crippen LogP contribution in [0.15, 0.2) is 34.1 Å². The van der Waals surface area contributed by atoms with Gasteiger partial charge in [0.2, 0.25) is 0 Å². The molecule has 7 nitrogen and oxygen atoms in total. The van der Waals surface area contributed by atoms with Crippen molar-refractivity contribution < 1.29 is 17.7 Å². The van der Waals surface area contributed by atoms with Gasteiger partial charge >= 0.3 is 11.9 Å². The van der Waals surface area contributed by atoms with E-state index in [9.17, 15) is 22.5 Å². The minimum Gasteiger partial charge on any atom is -0.611 e.